The van der Waals surface area contributed by atoms with Crippen LogP contribution in [0.25, 0.3) is 0 Å². The van der Waals surface area contributed by atoms with Gasteiger partial charge in [-0.05, 0) is 42.2 Å². The third kappa shape index (κ3) is 4.62. The first-order valence-electron chi connectivity index (χ1n) is 7.69. The molecule has 0 aliphatic rings. The summed E-state index contributed by atoms with van der Waals surface area (Å²) in [5, 5.41) is 11.4. The molecule has 0 aliphatic heterocycles. The van der Waals surface area contributed by atoms with Crippen molar-refractivity contribution < 1.29 is 23.8 Å². The highest BCUT2D eigenvalue weighted by Gasteiger charge is 2.12. The zero-order valence-electron chi connectivity index (χ0n) is 14.0. The fourth-order valence-corrected chi connectivity index (χ4v) is 2.21. The van der Waals surface area contributed by atoms with E-state index >= 15 is 0 Å². The van der Waals surface area contributed by atoms with Gasteiger partial charge in [0.05, 0.1) is 6.54 Å². The average Bonchev–Trinajstić information content (AvgIpc) is 3.00. The molecule has 128 valence electrons. The molecule has 2 N–H and O–H groups in total. The van der Waals surface area contributed by atoms with Crippen LogP contribution in [0.2, 0.25) is 0 Å². The normalized spacial score (nSPS) is 10.7. The SMILES string of the molecule is Cc1ccc(C(C)C)c(OCC(=O)NCc2ccc(C(=O)O)o2)c1. The molecule has 6 nitrogen and oxygen atoms in total. The Kier molecular flexibility index (Phi) is 5.63. The van der Waals surface area contributed by atoms with Gasteiger partial charge in [-0.3, -0.25) is 4.79 Å². The van der Waals surface area contributed by atoms with E-state index < -0.39 is 5.97 Å². The number of aromatic carboxylic acids is 1. The molecule has 0 unspecified atom stereocenters. The molecule has 0 fully saturated rings. The maximum Gasteiger partial charge on any atom is 0.371 e. The molecule has 0 aliphatic carbocycles. The summed E-state index contributed by atoms with van der Waals surface area (Å²) in [4.78, 5) is 22.6. The minimum atomic E-state index is -1.14. The number of hydrogen-bond acceptors (Lipinski definition) is 4. The van der Waals surface area contributed by atoms with Crippen LogP contribution in [0.5, 0.6) is 5.75 Å². The Morgan fingerprint density at radius 1 is 1.25 bits per heavy atom. The fraction of sp³-hybridized carbons (Fsp3) is 0.333. The Bertz CT molecular complexity index is 733. The highest BCUT2D eigenvalue weighted by atomic mass is 16.5. The second kappa shape index (κ2) is 7.68. The molecule has 1 aromatic carbocycles. The van der Waals surface area contributed by atoms with Crippen molar-refractivity contribution in [3.8, 4) is 5.75 Å². The first-order chi connectivity index (χ1) is 11.4. The topological polar surface area (TPSA) is 88.8 Å². The second-order valence-electron chi connectivity index (χ2n) is 5.83. The maximum absolute atomic E-state index is 11.9. The van der Waals surface area contributed by atoms with E-state index in [9.17, 15) is 9.59 Å². The Morgan fingerprint density at radius 2 is 2.00 bits per heavy atom. The predicted molar refractivity (Wildman–Crippen MR) is 88.3 cm³/mol. The van der Waals surface area contributed by atoms with Crippen LogP contribution in [0.3, 0.4) is 0 Å². The summed E-state index contributed by atoms with van der Waals surface area (Å²) in [5.41, 5.74) is 2.11. The Morgan fingerprint density at radius 3 is 2.62 bits per heavy atom. The molecule has 0 bridgehead atoms. The number of furan rings is 1. The van der Waals surface area contributed by atoms with E-state index in [2.05, 4.69) is 19.2 Å². The van der Waals surface area contributed by atoms with E-state index in [0.717, 1.165) is 11.1 Å². The van der Waals surface area contributed by atoms with E-state index in [0.29, 0.717) is 17.4 Å². The van der Waals surface area contributed by atoms with Gasteiger partial charge in [0, 0.05) is 0 Å². The zero-order valence-corrected chi connectivity index (χ0v) is 14.0. The molecular formula is C18H21NO5. The number of nitrogens with one attached hydrogen (secondary N) is 1. The second-order valence-corrected chi connectivity index (χ2v) is 5.83. The molecule has 0 radical (unpaired) electrons. The van der Waals surface area contributed by atoms with Gasteiger partial charge < -0.3 is 19.6 Å². The minimum absolute atomic E-state index is 0.111. The van der Waals surface area contributed by atoms with Crippen molar-refractivity contribution >= 4 is 11.9 Å². The van der Waals surface area contributed by atoms with Gasteiger partial charge in [0.25, 0.3) is 5.91 Å². The van der Waals surface area contributed by atoms with Crippen molar-refractivity contribution in [3.63, 3.8) is 0 Å². The van der Waals surface area contributed by atoms with Gasteiger partial charge in [0.15, 0.2) is 6.61 Å². The molecule has 0 saturated heterocycles. The summed E-state index contributed by atoms with van der Waals surface area (Å²) in [6.45, 7) is 6.09. The van der Waals surface area contributed by atoms with Gasteiger partial charge in [0.1, 0.15) is 11.5 Å². The molecule has 2 aromatic rings. The van der Waals surface area contributed by atoms with Crippen LogP contribution < -0.4 is 10.1 Å². The molecule has 2 rings (SSSR count). The van der Waals surface area contributed by atoms with Crippen LogP contribution in [0.15, 0.2) is 34.7 Å². The molecule has 0 spiro atoms. The molecule has 1 aromatic heterocycles. The molecular weight excluding hydrogens is 310 g/mol. The number of carbonyl (C=O) groups is 2. The lowest BCUT2D eigenvalue weighted by Gasteiger charge is -2.14. The number of hydrogen-bond donors (Lipinski definition) is 2. The largest absolute Gasteiger partial charge is 0.483 e. The molecule has 24 heavy (non-hydrogen) atoms. The van der Waals surface area contributed by atoms with Crippen LogP contribution >= 0.6 is 0 Å². The van der Waals surface area contributed by atoms with Gasteiger partial charge in [-0.2, -0.15) is 0 Å². The predicted octanol–water partition coefficient (Wildman–Crippen LogP) is 3.10. The number of carboxylic acid groups (broad SMARTS) is 1. The van der Waals surface area contributed by atoms with E-state index in [-0.39, 0.29) is 24.8 Å². The number of carboxylic acids is 1. The summed E-state index contributed by atoms with van der Waals surface area (Å²) >= 11 is 0. The smallest absolute Gasteiger partial charge is 0.371 e. The Hall–Kier alpha value is -2.76. The van der Waals surface area contributed by atoms with Crippen LogP contribution in [-0.2, 0) is 11.3 Å². The van der Waals surface area contributed by atoms with Crippen molar-refractivity contribution in [1.29, 1.82) is 0 Å². The van der Waals surface area contributed by atoms with Gasteiger partial charge >= 0.3 is 5.97 Å². The number of aryl methyl sites for hydroxylation is 1. The molecule has 6 heteroatoms. The maximum atomic E-state index is 11.9. The number of carbonyl (C=O) groups excluding carboxylic acids is 1. The van der Waals surface area contributed by atoms with E-state index in [1.54, 1.807) is 0 Å². The van der Waals surface area contributed by atoms with Crippen LogP contribution in [0.1, 0.15) is 47.2 Å². The van der Waals surface area contributed by atoms with Gasteiger partial charge in [0.2, 0.25) is 5.76 Å². The van der Waals surface area contributed by atoms with Gasteiger partial charge in [-0.1, -0.05) is 26.0 Å². The third-order valence-corrected chi connectivity index (χ3v) is 3.48. The van der Waals surface area contributed by atoms with E-state index in [4.69, 9.17) is 14.3 Å². The highest BCUT2D eigenvalue weighted by Crippen LogP contribution is 2.27. The van der Waals surface area contributed by atoms with Crippen LogP contribution in [0.4, 0.5) is 0 Å². The first kappa shape index (κ1) is 17.6. The first-order valence-corrected chi connectivity index (χ1v) is 7.69. The Labute approximate surface area is 140 Å². The molecule has 1 heterocycles. The number of amides is 1. The molecule has 0 atom stereocenters. The van der Waals surface area contributed by atoms with Gasteiger partial charge in [-0.25, -0.2) is 4.79 Å². The summed E-state index contributed by atoms with van der Waals surface area (Å²) in [6, 6.07) is 8.79. The minimum Gasteiger partial charge on any atom is -0.483 e. The lowest BCUT2D eigenvalue weighted by molar-refractivity contribution is -0.123. The number of rotatable bonds is 7. The number of benzene rings is 1. The summed E-state index contributed by atoms with van der Waals surface area (Å²) in [6.07, 6.45) is 0. The lowest BCUT2D eigenvalue weighted by atomic mass is 10.0. The standard InChI is InChI=1S/C18H21NO5/c1-11(2)14-6-4-12(3)8-16(14)23-10-17(20)19-9-13-5-7-15(24-13)18(21)22/h4-8,11H,9-10H2,1-3H3,(H,19,20)(H,21,22). The summed E-state index contributed by atoms with van der Waals surface area (Å²) in [5.74, 6) is -0.236. The monoisotopic (exact) mass is 331 g/mol. The Balaban J connectivity index is 1.89. The lowest BCUT2D eigenvalue weighted by Crippen LogP contribution is -2.28. The van der Waals surface area contributed by atoms with E-state index in [1.807, 2.05) is 25.1 Å². The van der Waals surface area contributed by atoms with Crippen molar-refractivity contribution in [2.45, 2.75) is 33.2 Å². The average molecular weight is 331 g/mol. The zero-order chi connectivity index (χ0) is 17.7. The fourth-order valence-electron chi connectivity index (χ4n) is 2.21. The quantitative estimate of drug-likeness (QED) is 0.814. The van der Waals surface area contributed by atoms with Crippen LogP contribution in [0, 0.1) is 6.92 Å². The third-order valence-electron chi connectivity index (χ3n) is 3.48. The van der Waals surface area contributed by atoms with Crippen molar-refractivity contribution in [2.24, 2.45) is 0 Å². The summed E-state index contributed by atoms with van der Waals surface area (Å²) in [7, 11) is 0. The summed E-state index contributed by atoms with van der Waals surface area (Å²) < 4.78 is 10.7. The van der Waals surface area contributed by atoms with Gasteiger partial charge in [-0.15, -0.1) is 0 Å². The van der Waals surface area contributed by atoms with Crippen LogP contribution in [-0.4, -0.2) is 23.6 Å². The van der Waals surface area contributed by atoms with Crippen molar-refractivity contribution in [1.82, 2.24) is 5.32 Å². The molecule has 1 amide bonds. The van der Waals surface area contributed by atoms with Crippen molar-refractivity contribution in [2.75, 3.05) is 6.61 Å². The highest BCUT2D eigenvalue weighted by molar-refractivity contribution is 5.84. The number of ether oxygens (including phenoxy) is 1. The van der Waals surface area contributed by atoms with E-state index in [1.165, 1.54) is 12.1 Å². The van der Waals surface area contributed by atoms with Crippen molar-refractivity contribution in [3.05, 3.63) is 53.0 Å². The molecule has 0 saturated carbocycles.